The fourth-order valence-electron chi connectivity index (χ4n) is 1.26. The Labute approximate surface area is 76.7 Å². The Bertz CT molecular complexity index is 383. The first-order valence-electron chi connectivity index (χ1n) is 4.17. The van der Waals surface area contributed by atoms with E-state index in [1.54, 1.807) is 12.2 Å². The highest BCUT2D eigenvalue weighted by atomic mass is 19.1. The van der Waals surface area contributed by atoms with Crippen LogP contribution in [0.25, 0.3) is 6.08 Å². The van der Waals surface area contributed by atoms with Gasteiger partial charge in [-0.2, -0.15) is 0 Å². The van der Waals surface area contributed by atoms with Crippen LogP contribution in [-0.4, -0.2) is 0 Å². The van der Waals surface area contributed by atoms with E-state index < -0.39 is 0 Å². The van der Waals surface area contributed by atoms with Gasteiger partial charge in [0.05, 0.1) is 0 Å². The molecule has 13 heavy (non-hydrogen) atoms. The van der Waals surface area contributed by atoms with Crippen molar-refractivity contribution in [2.24, 2.45) is 0 Å². The van der Waals surface area contributed by atoms with Crippen LogP contribution >= 0.6 is 0 Å². The number of benzene rings is 1. The third-order valence-corrected chi connectivity index (χ3v) is 1.92. The molecule has 0 aromatic heterocycles. The first-order chi connectivity index (χ1) is 6.36. The molecule has 0 spiro atoms. The van der Waals surface area contributed by atoms with Crippen LogP contribution in [0.4, 0.5) is 4.39 Å². The van der Waals surface area contributed by atoms with Crippen LogP contribution in [0.3, 0.4) is 0 Å². The fraction of sp³-hybridized carbons (Fsp3) is 0. The molecular formula is C12H9F. The molecule has 1 aromatic rings. The average molecular weight is 172 g/mol. The fourth-order valence-corrected chi connectivity index (χ4v) is 1.26. The molecule has 0 heterocycles. The quantitative estimate of drug-likeness (QED) is 0.608. The molecule has 0 bridgehead atoms. The van der Waals surface area contributed by atoms with Gasteiger partial charge in [0.15, 0.2) is 0 Å². The molecule has 1 aromatic carbocycles. The molecule has 0 amide bonds. The molecule has 0 saturated carbocycles. The zero-order valence-electron chi connectivity index (χ0n) is 7.07. The maximum atomic E-state index is 13.0. The molecule has 1 aliphatic rings. The maximum Gasteiger partial charge on any atom is 0.130 e. The molecule has 0 nitrogen and oxygen atoms in total. The van der Waals surface area contributed by atoms with E-state index in [4.69, 9.17) is 0 Å². The largest absolute Gasteiger partial charge is 0.206 e. The number of halogens is 1. The van der Waals surface area contributed by atoms with Crippen LogP contribution in [0.5, 0.6) is 0 Å². The summed E-state index contributed by atoms with van der Waals surface area (Å²) in [6, 6.07) is 9.72. The van der Waals surface area contributed by atoms with E-state index in [0.717, 1.165) is 5.56 Å². The second-order valence-corrected chi connectivity index (χ2v) is 2.88. The van der Waals surface area contributed by atoms with Gasteiger partial charge in [-0.25, -0.2) is 4.39 Å². The molecule has 1 aliphatic carbocycles. The zero-order chi connectivity index (χ0) is 9.10. The van der Waals surface area contributed by atoms with E-state index in [9.17, 15) is 4.39 Å². The van der Waals surface area contributed by atoms with Crippen molar-refractivity contribution < 1.29 is 4.39 Å². The van der Waals surface area contributed by atoms with E-state index in [-0.39, 0.29) is 5.83 Å². The van der Waals surface area contributed by atoms with Crippen molar-refractivity contribution in [1.82, 2.24) is 0 Å². The van der Waals surface area contributed by atoms with Crippen molar-refractivity contribution in [2.45, 2.75) is 0 Å². The molecule has 0 radical (unpaired) electrons. The minimum absolute atomic E-state index is 0.163. The minimum atomic E-state index is -0.163. The maximum absolute atomic E-state index is 13.0. The minimum Gasteiger partial charge on any atom is -0.206 e. The average Bonchev–Trinajstić information content (AvgIpc) is 2.54. The van der Waals surface area contributed by atoms with Gasteiger partial charge < -0.3 is 0 Å². The highest BCUT2D eigenvalue weighted by molar-refractivity contribution is 5.63. The topological polar surface area (TPSA) is 0 Å². The highest BCUT2D eigenvalue weighted by Crippen LogP contribution is 2.21. The Kier molecular flexibility index (Phi) is 2.09. The van der Waals surface area contributed by atoms with E-state index >= 15 is 0 Å². The third-order valence-electron chi connectivity index (χ3n) is 1.92. The Morgan fingerprint density at radius 1 is 1.08 bits per heavy atom. The monoisotopic (exact) mass is 172 g/mol. The molecule has 0 atom stereocenters. The van der Waals surface area contributed by atoms with Gasteiger partial charge in [-0.05, 0) is 17.7 Å². The van der Waals surface area contributed by atoms with Gasteiger partial charge >= 0.3 is 0 Å². The van der Waals surface area contributed by atoms with Crippen molar-refractivity contribution in [3.05, 3.63) is 65.5 Å². The van der Waals surface area contributed by atoms with E-state index in [1.165, 1.54) is 6.08 Å². The molecule has 2 rings (SSSR count). The first kappa shape index (κ1) is 7.99. The zero-order valence-corrected chi connectivity index (χ0v) is 7.07. The Morgan fingerprint density at radius 2 is 1.85 bits per heavy atom. The second-order valence-electron chi connectivity index (χ2n) is 2.88. The van der Waals surface area contributed by atoms with Gasteiger partial charge in [-0.3, -0.25) is 0 Å². The van der Waals surface area contributed by atoms with Crippen LogP contribution in [0, 0.1) is 0 Å². The van der Waals surface area contributed by atoms with Crippen molar-refractivity contribution >= 4 is 6.08 Å². The smallest absolute Gasteiger partial charge is 0.130 e. The van der Waals surface area contributed by atoms with E-state index in [0.29, 0.717) is 5.57 Å². The summed E-state index contributed by atoms with van der Waals surface area (Å²) >= 11 is 0. The molecule has 0 saturated heterocycles. The molecule has 0 unspecified atom stereocenters. The Balaban J connectivity index is 2.32. The summed E-state index contributed by atoms with van der Waals surface area (Å²) in [5, 5.41) is 0. The predicted molar refractivity (Wildman–Crippen MR) is 52.8 cm³/mol. The molecule has 1 heteroatoms. The number of hydrogen-bond acceptors (Lipinski definition) is 0. The lowest BCUT2D eigenvalue weighted by Crippen LogP contribution is -1.75. The standard InChI is InChI=1S/C12H9F/c13-12-8-4-7-11(12)9-10-5-2-1-3-6-10/h1-9H. The lowest BCUT2D eigenvalue weighted by Gasteiger charge is -1.95. The summed E-state index contributed by atoms with van der Waals surface area (Å²) in [4.78, 5) is 0. The number of rotatable bonds is 1. The number of hydrogen-bond donors (Lipinski definition) is 0. The van der Waals surface area contributed by atoms with Crippen molar-refractivity contribution in [3.8, 4) is 0 Å². The lowest BCUT2D eigenvalue weighted by molar-refractivity contribution is 0.662. The summed E-state index contributed by atoms with van der Waals surface area (Å²) in [6.07, 6.45) is 6.77. The van der Waals surface area contributed by atoms with Gasteiger partial charge in [-0.15, -0.1) is 0 Å². The van der Waals surface area contributed by atoms with Crippen LogP contribution in [0.15, 0.2) is 60.0 Å². The van der Waals surface area contributed by atoms with Gasteiger partial charge in [0.25, 0.3) is 0 Å². The van der Waals surface area contributed by atoms with E-state index in [1.807, 2.05) is 36.4 Å². The summed E-state index contributed by atoms with van der Waals surface area (Å²) < 4.78 is 13.0. The molecular weight excluding hydrogens is 163 g/mol. The molecule has 64 valence electrons. The lowest BCUT2D eigenvalue weighted by atomic mass is 10.1. The van der Waals surface area contributed by atoms with Crippen LogP contribution in [0.1, 0.15) is 5.56 Å². The van der Waals surface area contributed by atoms with Crippen LogP contribution in [-0.2, 0) is 0 Å². The van der Waals surface area contributed by atoms with Crippen molar-refractivity contribution in [2.75, 3.05) is 0 Å². The van der Waals surface area contributed by atoms with E-state index in [2.05, 4.69) is 0 Å². The summed E-state index contributed by atoms with van der Waals surface area (Å²) in [5.41, 5.74) is 1.67. The van der Waals surface area contributed by atoms with Gasteiger partial charge in [0.1, 0.15) is 5.83 Å². The highest BCUT2D eigenvalue weighted by Gasteiger charge is 2.03. The van der Waals surface area contributed by atoms with Gasteiger partial charge in [0, 0.05) is 5.57 Å². The summed E-state index contributed by atoms with van der Waals surface area (Å²) in [6.45, 7) is 0. The SMILES string of the molecule is FC1=CC=CC1=Cc1ccccc1. The van der Waals surface area contributed by atoms with Gasteiger partial charge in [0.2, 0.25) is 0 Å². The third kappa shape index (κ3) is 1.75. The Hall–Kier alpha value is -1.63. The Morgan fingerprint density at radius 3 is 2.46 bits per heavy atom. The van der Waals surface area contributed by atoms with Gasteiger partial charge in [-0.1, -0.05) is 42.5 Å². The predicted octanol–water partition coefficient (Wildman–Crippen LogP) is 3.49. The van der Waals surface area contributed by atoms with Crippen LogP contribution < -0.4 is 0 Å². The summed E-state index contributed by atoms with van der Waals surface area (Å²) in [5.74, 6) is -0.163. The van der Waals surface area contributed by atoms with Crippen LogP contribution in [0.2, 0.25) is 0 Å². The normalized spacial score (nSPS) is 17.9. The summed E-state index contributed by atoms with van der Waals surface area (Å²) in [7, 11) is 0. The van der Waals surface area contributed by atoms with Crippen molar-refractivity contribution in [1.29, 1.82) is 0 Å². The first-order valence-corrected chi connectivity index (χ1v) is 4.17. The second kappa shape index (κ2) is 3.40. The number of allylic oxidation sites excluding steroid dienone is 5. The molecule has 0 aliphatic heterocycles. The van der Waals surface area contributed by atoms with Crippen molar-refractivity contribution in [3.63, 3.8) is 0 Å². The molecule has 0 fully saturated rings. The molecule has 0 N–H and O–H groups in total.